The minimum atomic E-state index is -0.785. The number of hydrogen-bond acceptors (Lipinski definition) is 5. The molecule has 0 saturated carbocycles. The van der Waals surface area contributed by atoms with E-state index < -0.39 is 6.17 Å². The van der Waals surface area contributed by atoms with E-state index in [0.29, 0.717) is 31.6 Å². The Morgan fingerprint density at radius 2 is 1.96 bits per heavy atom. The zero-order chi connectivity index (χ0) is 19.3. The highest BCUT2D eigenvalue weighted by Crippen LogP contribution is 2.31. The molecule has 1 saturated heterocycles. The summed E-state index contributed by atoms with van der Waals surface area (Å²) >= 11 is 0. The molecule has 0 aromatic carbocycles. The predicted molar refractivity (Wildman–Crippen MR) is 103 cm³/mol. The first-order chi connectivity index (χ1) is 13.6. The lowest BCUT2D eigenvalue weighted by molar-refractivity contribution is 0.0995. The van der Waals surface area contributed by atoms with Crippen molar-refractivity contribution in [3.05, 3.63) is 59.8 Å². The standard InChI is InChI=1S/C20H19FN6O/c1-13-19-17(12-26(20(19)28)15-4-7-22-8-5-15)24-27(13)16-2-3-18(23-10-16)25-9-6-14(21)11-25/h2-5,7-8,10,14H,6,9,11-12H2,1H3/t14-/m0/s1. The Balaban J connectivity index is 1.42. The van der Waals surface area contributed by atoms with E-state index in [1.165, 1.54) is 0 Å². The van der Waals surface area contributed by atoms with Crippen molar-refractivity contribution < 1.29 is 9.18 Å². The van der Waals surface area contributed by atoms with Crippen molar-refractivity contribution in [2.24, 2.45) is 0 Å². The quantitative estimate of drug-likeness (QED) is 0.701. The SMILES string of the molecule is Cc1c2c(nn1-c1ccc(N3CC[C@H](F)C3)nc1)CN(c1ccncc1)C2=O. The van der Waals surface area contributed by atoms with Crippen LogP contribution in [0.5, 0.6) is 0 Å². The highest BCUT2D eigenvalue weighted by atomic mass is 19.1. The van der Waals surface area contributed by atoms with E-state index in [4.69, 9.17) is 0 Å². The third kappa shape index (κ3) is 2.64. The molecule has 0 radical (unpaired) electrons. The van der Waals surface area contributed by atoms with E-state index in [1.807, 2.05) is 36.1 Å². The van der Waals surface area contributed by atoms with Crippen LogP contribution in [-0.2, 0) is 6.54 Å². The van der Waals surface area contributed by atoms with Crippen LogP contribution < -0.4 is 9.80 Å². The van der Waals surface area contributed by atoms with Gasteiger partial charge in [-0.25, -0.2) is 14.1 Å². The fourth-order valence-corrected chi connectivity index (χ4v) is 3.91. The number of amides is 1. The molecule has 7 nitrogen and oxygen atoms in total. The van der Waals surface area contributed by atoms with Gasteiger partial charge in [-0.2, -0.15) is 5.10 Å². The fourth-order valence-electron chi connectivity index (χ4n) is 3.91. The highest BCUT2D eigenvalue weighted by molar-refractivity contribution is 6.10. The number of carbonyl (C=O) groups excluding carboxylic acids is 1. The second-order valence-corrected chi connectivity index (χ2v) is 7.12. The van der Waals surface area contributed by atoms with Crippen molar-refractivity contribution in [1.29, 1.82) is 0 Å². The van der Waals surface area contributed by atoms with Crippen molar-refractivity contribution in [1.82, 2.24) is 19.7 Å². The Hall–Kier alpha value is -3.29. The maximum Gasteiger partial charge on any atom is 0.262 e. The van der Waals surface area contributed by atoms with Crippen LogP contribution in [0.3, 0.4) is 0 Å². The van der Waals surface area contributed by atoms with Crippen molar-refractivity contribution in [2.75, 3.05) is 22.9 Å². The number of anilines is 2. The molecule has 3 aromatic rings. The van der Waals surface area contributed by atoms with Crippen molar-refractivity contribution >= 4 is 17.4 Å². The predicted octanol–water partition coefficient (Wildman–Crippen LogP) is 2.68. The molecule has 2 aliphatic rings. The summed E-state index contributed by atoms with van der Waals surface area (Å²) in [7, 11) is 0. The Kier molecular flexibility index (Phi) is 3.85. The van der Waals surface area contributed by atoms with Gasteiger partial charge in [0, 0.05) is 24.6 Å². The summed E-state index contributed by atoms with van der Waals surface area (Å²) in [5.74, 6) is 0.710. The van der Waals surface area contributed by atoms with E-state index in [1.54, 1.807) is 28.2 Å². The molecular formula is C20H19FN6O. The minimum Gasteiger partial charge on any atom is -0.354 e. The lowest BCUT2D eigenvalue weighted by Crippen LogP contribution is -2.24. The van der Waals surface area contributed by atoms with Crippen LogP contribution in [-0.4, -0.2) is 44.9 Å². The number of pyridine rings is 2. The van der Waals surface area contributed by atoms with Gasteiger partial charge in [-0.15, -0.1) is 0 Å². The van der Waals surface area contributed by atoms with Gasteiger partial charge in [0.25, 0.3) is 5.91 Å². The number of rotatable bonds is 3. The molecule has 5 rings (SSSR count). The first kappa shape index (κ1) is 16.9. The third-order valence-corrected chi connectivity index (χ3v) is 5.36. The summed E-state index contributed by atoms with van der Waals surface area (Å²) in [6.07, 6.45) is 4.83. The number of fused-ring (bicyclic) bond motifs is 1. The molecule has 1 fully saturated rings. The van der Waals surface area contributed by atoms with Gasteiger partial charge in [0.1, 0.15) is 12.0 Å². The molecule has 8 heteroatoms. The summed E-state index contributed by atoms with van der Waals surface area (Å²) in [6.45, 7) is 3.40. The molecule has 5 heterocycles. The van der Waals surface area contributed by atoms with E-state index in [-0.39, 0.29) is 5.91 Å². The molecule has 0 spiro atoms. The topological polar surface area (TPSA) is 67.2 Å². The molecule has 1 amide bonds. The summed E-state index contributed by atoms with van der Waals surface area (Å²) in [5, 5.41) is 4.65. The second-order valence-electron chi connectivity index (χ2n) is 7.12. The number of alkyl halides is 1. The van der Waals surface area contributed by atoms with Crippen LogP contribution in [0.2, 0.25) is 0 Å². The van der Waals surface area contributed by atoms with Crippen LogP contribution in [0.1, 0.15) is 28.2 Å². The van der Waals surface area contributed by atoms with Gasteiger partial charge >= 0.3 is 0 Å². The van der Waals surface area contributed by atoms with E-state index in [0.717, 1.165) is 28.6 Å². The van der Waals surface area contributed by atoms with Crippen LogP contribution in [0.4, 0.5) is 15.9 Å². The number of carbonyl (C=O) groups is 1. The zero-order valence-corrected chi connectivity index (χ0v) is 15.4. The Bertz CT molecular complexity index is 1030. The maximum absolute atomic E-state index is 13.4. The van der Waals surface area contributed by atoms with Crippen molar-refractivity contribution in [3.63, 3.8) is 0 Å². The molecule has 0 aliphatic carbocycles. The Morgan fingerprint density at radius 1 is 1.14 bits per heavy atom. The van der Waals surface area contributed by atoms with Crippen molar-refractivity contribution in [3.8, 4) is 5.69 Å². The first-order valence-corrected chi connectivity index (χ1v) is 9.27. The summed E-state index contributed by atoms with van der Waals surface area (Å²) in [6, 6.07) is 7.42. The van der Waals surface area contributed by atoms with Crippen LogP contribution in [0.25, 0.3) is 5.69 Å². The van der Waals surface area contributed by atoms with Gasteiger partial charge in [0.15, 0.2) is 0 Å². The molecule has 2 aliphatic heterocycles. The normalized spacial score (nSPS) is 18.8. The van der Waals surface area contributed by atoms with E-state index in [9.17, 15) is 9.18 Å². The van der Waals surface area contributed by atoms with Gasteiger partial charge in [-0.1, -0.05) is 0 Å². The lowest BCUT2D eigenvalue weighted by atomic mass is 10.2. The fraction of sp³-hybridized carbons (Fsp3) is 0.300. The minimum absolute atomic E-state index is 0.0550. The molecule has 3 aromatic heterocycles. The molecule has 28 heavy (non-hydrogen) atoms. The Morgan fingerprint density at radius 3 is 2.61 bits per heavy atom. The first-order valence-electron chi connectivity index (χ1n) is 9.27. The maximum atomic E-state index is 13.4. The van der Waals surface area contributed by atoms with Crippen molar-refractivity contribution in [2.45, 2.75) is 26.1 Å². The number of nitrogens with zero attached hydrogens (tertiary/aromatic N) is 6. The second kappa shape index (κ2) is 6.40. The third-order valence-electron chi connectivity index (χ3n) is 5.36. The average Bonchev–Trinajstić information content (AvgIpc) is 3.39. The summed E-state index contributed by atoms with van der Waals surface area (Å²) < 4.78 is 15.2. The van der Waals surface area contributed by atoms with Crippen LogP contribution in [0.15, 0.2) is 42.9 Å². The van der Waals surface area contributed by atoms with E-state index >= 15 is 0 Å². The number of hydrogen-bond donors (Lipinski definition) is 0. The van der Waals surface area contributed by atoms with Gasteiger partial charge in [0.05, 0.1) is 41.9 Å². The molecule has 142 valence electrons. The van der Waals surface area contributed by atoms with E-state index in [2.05, 4.69) is 15.1 Å². The average molecular weight is 378 g/mol. The van der Waals surface area contributed by atoms with Gasteiger partial charge in [0.2, 0.25) is 0 Å². The molecule has 0 bridgehead atoms. The molecular weight excluding hydrogens is 359 g/mol. The van der Waals surface area contributed by atoms with Gasteiger partial charge < -0.3 is 9.80 Å². The number of aromatic nitrogens is 4. The zero-order valence-electron chi connectivity index (χ0n) is 15.4. The van der Waals surface area contributed by atoms with Crippen LogP contribution in [0, 0.1) is 6.92 Å². The largest absolute Gasteiger partial charge is 0.354 e. The highest BCUT2D eigenvalue weighted by Gasteiger charge is 2.34. The summed E-state index contributed by atoms with van der Waals surface area (Å²) in [4.78, 5) is 25.0. The monoisotopic (exact) mass is 378 g/mol. The summed E-state index contributed by atoms with van der Waals surface area (Å²) in [5.41, 5.74) is 3.78. The molecule has 1 atom stereocenters. The number of halogens is 1. The van der Waals surface area contributed by atoms with Gasteiger partial charge in [-0.3, -0.25) is 9.78 Å². The lowest BCUT2D eigenvalue weighted by Gasteiger charge is -2.17. The smallest absolute Gasteiger partial charge is 0.262 e. The Labute approximate surface area is 161 Å². The van der Waals surface area contributed by atoms with Gasteiger partial charge in [-0.05, 0) is 37.6 Å². The van der Waals surface area contributed by atoms with Crippen LogP contribution >= 0.6 is 0 Å². The molecule has 0 N–H and O–H groups in total. The molecule has 0 unspecified atom stereocenters.